The van der Waals surface area contributed by atoms with Crippen LogP contribution >= 0.6 is 0 Å². The van der Waals surface area contributed by atoms with Gasteiger partial charge in [-0.2, -0.15) is 4.98 Å². The smallest absolute Gasteiger partial charge is 0.317 e. The molecule has 0 bridgehead atoms. The molecule has 9 heteroatoms. The lowest BCUT2D eigenvalue weighted by atomic mass is 9.81. The van der Waals surface area contributed by atoms with Crippen molar-refractivity contribution in [2.24, 2.45) is 0 Å². The van der Waals surface area contributed by atoms with E-state index in [4.69, 9.17) is 0 Å². The number of nitrogens with zero attached hydrogens (tertiary/aromatic N) is 6. The van der Waals surface area contributed by atoms with Crippen molar-refractivity contribution >= 4 is 5.91 Å². The maximum Gasteiger partial charge on any atom is 0.317 e. The number of hydrogen-bond acceptors (Lipinski definition) is 6. The predicted molar refractivity (Wildman–Crippen MR) is 132 cm³/mol. The maximum atomic E-state index is 13.7. The van der Waals surface area contributed by atoms with Crippen molar-refractivity contribution in [2.75, 3.05) is 6.54 Å². The van der Waals surface area contributed by atoms with E-state index in [9.17, 15) is 14.7 Å². The summed E-state index contributed by atoms with van der Waals surface area (Å²) in [4.78, 5) is 32.4. The molecule has 1 N–H and O–H groups in total. The molecule has 0 fully saturated rings. The molecular weight excluding hydrogens is 456 g/mol. The number of amides is 1. The van der Waals surface area contributed by atoms with Crippen molar-refractivity contribution in [1.29, 1.82) is 0 Å². The van der Waals surface area contributed by atoms with Crippen LogP contribution in [0.15, 0.2) is 66.0 Å². The van der Waals surface area contributed by atoms with Gasteiger partial charge < -0.3 is 10.0 Å². The molecule has 4 aromatic rings. The van der Waals surface area contributed by atoms with E-state index in [2.05, 4.69) is 51.6 Å². The van der Waals surface area contributed by atoms with E-state index in [1.165, 1.54) is 39.5 Å². The van der Waals surface area contributed by atoms with E-state index in [0.717, 1.165) is 12.8 Å². The third-order valence-electron chi connectivity index (χ3n) is 7.37. The van der Waals surface area contributed by atoms with Gasteiger partial charge in [0.2, 0.25) is 11.7 Å². The Bertz CT molecular complexity index is 1480. The minimum Gasteiger partial charge on any atom is -0.501 e. The molecule has 2 aromatic heterocycles. The Morgan fingerprint density at radius 2 is 1.50 bits per heavy atom. The van der Waals surface area contributed by atoms with Crippen LogP contribution in [0.1, 0.15) is 58.5 Å². The molecule has 182 valence electrons. The summed E-state index contributed by atoms with van der Waals surface area (Å²) in [6.45, 7) is 4.27. The van der Waals surface area contributed by atoms with Gasteiger partial charge >= 0.3 is 5.56 Å². The Balaban J connectivity index is 1.70. The summed E-state index contributed by atoms with van der Waals surface area (Å²) in [5.74, 6) is -0.976. The van der Waals surface area contributed by atoms with Gasteiger partial charge in [-0.15, -0.1) is 10.2 Å². The first-order valence-electron chi connectivity index (χ1n) is 12.1. The third-order valence-corrected chi connectivity index (χ3v) is 7.37. The number of aryl methyl sites for hydroxylation is 2. The van der Waals surface area contributed by atoms with Crippen molar-refractivity contribution < 1.29 is 9.90 Å². The van der Waals surface area contributed by atoms with Crippen LogP contribution in [-0.2, 0) is 12.8 Å². The van der Waals surface area contributed by atoms with Crippen LogP contribution in [0.4, 0.5) is 0 Å². The van der Waals surface area contributed by atoms with Gasteiger partial charge in [0.15, 0.2) is 5.69 Å². The molecule has 0 unspecified atom stereocenters. The number of fused-ring (bicyclic) bond motifs is 3. The molecule has 1 aliphatic heterocycles. The van der Waals surface area contributed by atoms with Crippen molar-refractivity contribution in [1.82, 2.24) is 29.2 Å². The Labute approximate surface area is 207 Å². The highest BCUT2D eigenvalue weighted by Crippen LogP contribution is 2.45. The molecule has 3 heterocycles. The summed E-state index contributed by atoms with van der Waals surface area (Å²) in [5, 5.41) is 18.7. The minimum atomic E-state index is -0.857. The molecular formula is C27H26N6O3. The summed E-state index contributed by atoms with van der Waals surface area (Å²) in [6, 6.07) is 16.3. The van der Waals surface area contributed by atoms with E-state index in [1.807, 2.05) is 26.0 Å². The lowest BCUT2D eigenvalue weighted by Crippen LogP contribution is -2.50. The van der Waals surface area contributed by atoms with Gasteiger partial charge in [0, 0.05) is 18.5 Å². The first-order valence-corrected chi connectivity index (χ1v) is 12.1. The highest BCUT2D eigenvalue weighted by atomic mass is 16.3. The van der Waals surface area contributed by atoms with Crippen molar-refractivity contribution in [3.63, 3.8) is 0 Å². The van der Waals surface area contributed by atoms with Gasteiger partial charge in [-0.05, 0) is 48.9 Å². The van der Waals surface area contributed by atoms with Gasteiger partial charge in [0.1, 0.15) is 12.7 Å². The standard InChI is InChI=1S/C27H26N6O3/c1-16(2)32-13-21(22-19-9-5-3-7-17(19)11-12-18-8-4-6-10-20(18)22)33-23(26(32)36)24(34)25(35)30-27(33)31-14-28-29-15-31/h3-10,14-16,21-22,34H,11-13H2,1-2H3/t21-/m1/s1. The van der Waals surface area contributed by atoms with Crippen LogP contribution in [0.2, 0.25) is 0 Å². The fourth-order valence-electron chi connectivity index (χ4n) is 5.70. The van der Waals surface area contributed by atoms with Crippen LogP contribution in [-0.4, -0.2) is 52.8 Å². The second-order valence-corrected chi connectivity index (χ2v) is 9.65. The van der Waals surface area contributed by atoms with Crippen molar-refractivity contribution in [2.45, 2.75) is 44.7 Å². The number of carbonyl (C=O) groups excluding carboxylic acids is 1. The quantitative estimate of drug-likeness (QED) is 0.481. The van der Waals surface area contributed by atoms with Crippen molar-refractivity contribution in [3.8, 4) is 11.7 Å². The molecule has 6 rings (SSSR count). The lowest BCUT2D eigenvalue weighted by molar-refractivity contribution is 0.0585. The summed E-state index contributed by atoms with van der Waals surface area (Å²) in [7, 11) is 0. The minimum absolute atomic E-state index is 0.0529. The zero-order valence-electron chi connectivity index (χ0n) is 20.1. The predicted octanol–water partition coefficient (Wildman–Crippen LogP) is 2.87. The first-order chi connectivity index (χ1) is 17.5. The van der Waals surface area contributed by atoms with Gasteiger partial charge in [-0.25, -0.2) is 0 Å². The Morgan fingerprint density at radius 3 is 2.08 bits per heavy atom. The summed E-state index contributed by atoms with van der Waals surface area (Å²) in [6.07, 6.45) is 4.69. The molecule has 9 nitrogen and oxygen atoms in total. The van der Waals surface area contributed by atoms with Gasteiger partial charge in [-0.1, -0.05) is 48.5 Å². The third kappa shape index (κ3) is 3.34. The molecule has 2 aromatic carbocycles. The van der Waals surface area contributed by atoms with E-state index in [-0.39, 0.29) is 29.6 Å². The highest BCUT2D eigenvalue weighted by Gasteiger charge is 2.43. The maximum absolute atomic E-state index is 13.7. The average molecular weight is 483 g/mol. The number of aromatic nitrogens is 5. The molecule has 0 spiro atoms. The molecule has 1 aliphatic carbocycles. The molecule has 0 saturated heterocycles. The fourth-order valence-corrected chi connectivity index (χ4v) is 5.70. The van der Waals surface area contributed by atoms with Crippen LogP contribution < -0.4 is 5.56 Å². The fraction of sp³-hybridized carbons (Fsp3) is 0.296. The van der Waals surface area contributed by atoms with Crippen LogP contribution in [0.5, 0.6) is 5.75 Å². The summed E-state index contributed by atoms with van der Waals surface area (Å²) >= 11 is 0. The first kappa shape index (κ1) is 22.2. The van der Waals surface area contributed by atoms with E-state index >= 15 is 0 Å². The molecule has 0 saturated carbocycles. The van der Waals surface area contributed by atoms with E-state index in [0.29, 0.717) is 6.54 Å². The molecule has 36 heavy (non-hydrogen) atoms. The molecule has 0 radical (unpaired) electrons. The summed E-state index contributed by atoms with van der Waals surface area (Å²) in [5.41, 5.74) is 3.93. The number of rotatable bonds is 3. The number of aromatic hydroxyl groups is 1. The van der Waals surface area contributed by atoms with Crippen LogP contribution in [0.25, 0.3) is 5.95 Å². The monoisotopic (exact) mass is 482 g/mol. The molecule has 2 aliphatic rings. The number of hydrogen-bond donors (Lipinski definition) is 1. The normalized spacial score (nSPS) is 17.5. The zero-order chi connectivity index (χ0) is 25.0. The van der Waals surface area contributed by atoms with Gasteiger partial charge in [0.05, 0.1) is 6.04 Å². The SMILES string of the molecule is CC(C)N1C[C@H](C2c3ccccc3CCc3ccccc32)n2c(-n3cnnc3)nc(=O)c(O)c2C1=O. The highest BCUT2D eigenvalue weighted by molar-refractivity contribution is 5.96. The van der Waals surface area contributed by atoms with Gasteiger partial charge in [-0.3, -0.25) is 18.7 Å². The Hall–Kier alpha value is -4.27. The summed E-state index contributed by atoms with van der Waals surface area (Å²) < 4.78 is 3.25. The second kappa shape index (κ2) is 8.44. The average Bonchev–Trinajstić information content (AvgIpc) is 3.36. The molecule has 1 amide bonds. The Morgan fingerprint density at radius 1 is 0.917 bits per heavy atom. The number of carbonyl (C=O) groups is 1. The van der Waals surface area contributed by atoms with E-state index < -0.39 is 17.2 Å². The van der Waals surface area contributed by atoms with Gasteiger partial charge in [0.25, 0.3) is 5.91 Å². The second-order valence-electron chi connectivity index (χ2n) is 9.65. The van der Waals surface area contributed by atoms with Crippen LogP contribution in [0.3, 0.4) is 0 Å². The van der Waals surface area contributed by atoms with Crippen molar-refractivity contribution in [3.05, 3.63) is 99.5 Å². The zero-order valence-corrected chi connectivity index (χ0v) is 20.1. The number of benzene rings is 2. The topological polar surface area (TPSA) is 106 Å². The van der Waals surface area contributed by atoms with E-state index in [1.54, 1.807) is 9.47 Å². The van der Waals surface area contributed by atoms with Crippen LogP contribution in [0, 0.1) is 0 Å². The Kier molecular flexibility index (Phi) is 5.21. The molecule has 1 atom stereocenters. The largest absolute Gasteiger partial charge is 0.501 e. The lowest BCUT2D eigenvalue weighted by Gasteiger charge is -2.42.